The molecule has 0 amide bonds. The van der Waals surface area contributed by atoms with Crippen molar-refractivity contribution < 1.29 is 9.53 Å². The maximum atomic E-state index is 12.1. The highest BCUT2D eigenvalue weighted by atomic mass is 79.9. The van der Waals surface area contributed by atoms with Gasteiger partial charge in [-0.05, 0) is 53.2 Å². The van der Waals surface area contributed by atoms with E-state index in [0.717, 1.165) is 22.9 Å². The summed E-state index contributed by atoms with van der Waals surface area (Å²) in [5.41, 5.74) is 0.940. The molecule has 92 valence electrons. The average molecular weight is 298 g/mol. The Morgan fingerprint density at radius 3 is 2.94 bits per heavy atom. The fourth-order valence-electron chi connectivity index (χ4n) is 1.92. The minimum atomic E-state index is -0.209. The molecular formula is C13H16BrNO2. The third-order valence-corrected chi connectivity index (χ3v) is 3.29. The molecule has 4 heteroatoms. The average Bonchev–Trinajstić information content (AvgIpc) is 3.09. The van der Waals surface area contributed by atoms with Crippen LogP contribution in [0.5, 0.6) is 0 Å². The van der Waals surface area contributed by atoms with Gasteiger partial charge in [0.25, 0.3) is 0 Å². The molecule has 1 saturated carbocycles. The Labute approximate surface area is 110 Å². The summed E-state index contributed by atoms with van der Waals surface area (Å²) in [4.78, 5) is 16.2. The molecule has 0 aliphatic heterocycles. The Balaban J connectivity index is 1.99. The maximum absolute atomic E-state index is 12.1. The summed E-state index contributed by atoms with van der Waals surface area (Å²) in [5.74, 6) is 0.622. The molecule has 1 aromatic rings. The fourth-order valence-corrected chi connectivity index (χ4v) is 2.34. The Morgan fingerprint density at radius 1 is 1.59 bits per heavy atom. The van der Waals surface area contributed by atoms with Crippen molar-refractivity contribution in [1.29, 1.82) is 0 Å². The number of pyridine rings is 1. The van der Waals surface area contributed by atoms with Crippen LogP contribution in [0, 0.1) is 5.92 Å². The highest BCUT2D eigenvalue weighted by Gasteiger charge is 2.36. The Kier molecular flexibility index (Phi) is 4.29. The van der Waals surface area contributed by atoms with Gasteiger partial charge >= 0.3 is 0 Å². The number of carbonyl (C=O) groups excluding carboxylic acids is 1. The molecule has 1 aromatic heterocycles. The molecule has 3 nitrogen and oxygen atoms in total. The largest absolute Gasteiger partial charge is 0.370 e. The van der Waals surface area contributed by atoms with Gasteiger partial charge in [0.05, 0.1) is 0 Å². The van der Waals surface area contributed by atoms with Crippen LogP contribution in [0.3, 0.4) is 0 Å². The number of hydrogen-bond acceptors (Lipinski definition) is 3. The van der Waals surface area contributed by atoms with Crippen molar-refractivity contribution in [3.63, 3.8) is 0 Å². The molecule has 1 unspecified atom stereocenters. The molecule has 1 atom stereocenters. The molecule has 0 radical (unpaired) electrons. The molecule has 1 aliphatic carbocycles. The summed E-state index contributed by atoms with van der Waals surface area (Å²) in [6, 6.07) is 1.93. The lowest BCUT2D eigenvalue weighted by Gasteiger charge is -2.14. The molecule has 0 bridgehead atoms. The van der Waals surface area contributed by atoms with Gasteiger partial charge in [-0.3, -0.25) is 9.78 Å². The Bertz CT molecular complexity index is 404. The predicted octanol–water partition coefficient (Wildman–Crippen LogP) is 2.77. The van der Waals surface area contributed by atoms with Gasteiger partial charge in [-0.2, -0.15) is 0 Å². The van der Waals surface area contributed by atoms with Crippen molar-refractivity contribution in [1.82, 2.24) is 4.98 Å². The molecule has 2 rings (SSSR count). The summed E-state index contributed by atoms with van der Waals surface area (Å²) in [6.45, 7) is 2.53. The highest BCUT2D eigenvalue weighted by molar-refractivity contribution is 9.10. The van der Waals surface area contributed by atoms with Crippen LogP contribution in [0.15, 0.2) is 22.9 Å². The quantitative estimate of drug-likeness (QED) is 0.810. The Morgan fingerprint density at radius 2 is 2.35 bits per heavy atom. The van der Waals surface area contributed by atoms with Crippen LogP contribution in [0.1, 0.15) is 25.3 Å². The molecule has 1 fully saturated rings. The van der Waals surface area contributed by atoms with Crippen molar-refractivity contribution in [3.8, 4) is 0 Å². The topological polar surface area (TPSA) is 39.2 Å². The second-order valence-corrected chi connectivity index (χ2v) is 5.28. The number of rotatable bonds is 6. The number of ketones is 1. The first kappa shape index (κ1) is 12.7. The first-order valence-electron chi connectivity index (χ1n) is 5.94. The van der Waals surface area contributed by atoms with E-state index in [0.29, 0.717) is 18.9 Å². The van der Waals surface area contributed by atoms with Gasteiger partial charge < -0.3 is 4.74 Å². The number of nitrogens with zero attached hydrogens (tertiary/aromatic N) is 1. The molecule has 0 spiro atoms. The second kappa shape index (κ2) is 5.74. The number of halogens is 1. The van der Waals surface area contributed by atoms with E-state index in [1.165, 1.54) is 0 Å². The van der Waals surface area contributed by atoms with Crippen LogP contribution in [-0.2, 0) is 16.0 Å². The zero-order chi connectivity index (χ0) is 12.3. The maximum Gasteiger partial charge on any atom is 0.166 e. The molecule has 1 aliphatic rings. The van der Waals surface area contributed by atoms with Crippen LogP contribution in [0.4, 0.5) is 0 Å². The summed E-state index contributed by atoms with van der Waals surface area (Å²) >= 11 is 3.36. The fraction of sp³-hybridized carbons (Fsp3) is 0.538. The van der Waals surface area contributed by atoms with E-state index in [4.69, 9.17) is 4.74 Å². The first-order chi connectivity index (χ1) is 8.20. The second-order valence-electron chi connectivity index (χ2n) is 4.37. The van der Waals surface area contributed by atoms with Gasteiger partial charge in [-0.25, -0.2) is 0 Å². The van der Waals surface area contributed by atoms with Gasteiger partial charge in [0.2, 0.25) is 0 Å². The zero-order valence-electron chi connectivity index (χ0n) is 9.86. The monoisotopic (exact) mass is 297 g/mol. The molecule has 0 aromatic carbocycles. The summed E-state index contributed by atoms with van der Waals surface area (Å²) in [5, 5.41) is 0. The van der Waals surface area contributed by atoms with E-state index in [-0.39, 0.29) is 11.9 Å². The molecule has 0 N–H and O–H groups in total. The van der Waals surface area contributed by atoms with Crippen LogP contribution >= 0.6 is 15.9 Å². The predicted molar refractivity (Wildman–Crippen MR) is 68.8 cm³/mol. The van der Waals surface area contributed by atoms with E-state index < -0.39 is 0 Å². The zero-order valence-corrected chi connectivity index (χ0v) is 11.4. The molecule has 0 saturated heterocycles. The van der Waals surface area contributed by atoms with Gasteiger partial charge in [0.15, 0.2) is 5.78 Å². The number of Topliss-reactive ketones (excluding diaryl/α,β-unsaturated/α-hetero) is 1. The van der Waals surface area contributed by atoms with Crippen LogP contribution in [0.2, 0.25) is 0 Å². The first-order valence-corrected chi connectivity index (χ1v) is 6.73. The van der Waals surface area contributed by atoms with Crippen molar-refractivity contribution in [2.24, 2.45) is 5.92 Å². The molecule has 17 heavy (non-hydrogen) atoms. The van der Waals surface area contributed by atoms with E-state index >= 15 is 0 Å². The highest BCUT2D eigenvalue weighted by Crippen LogP contribution is 2.35. The van der Waals surface area contributed by atoms with E-state index in [2.05, 4.69) is 20.9 Å². The minimum absolute atomic E-state index is 0.175. The van der Waals surface area contributed by atoms with Crippen molar-refractivity contribution >= 4 is 21.7 Å². The van der Waals surface area contributed by atoms with Gasteiger partial charge in [-0.15, -0.1) is 0 Å². The van der Waals surface area contributed by atoms with Crippen LogP contribution < -0.4 is 0 Å². The molecular weight excluding hydrogens is 282 g/mol. The number of ether oxygens (including phenoxy) is 1. The standard InChI is InChI=1S/C13H16BrNO2/c1-2-17-13(10-3-4-10)12(16)6-9-5-11(14)8-15-7-9/h5,7-8,10,13H,2-4,6H2,1H3. The van der Waals surface area contributed by atoms with Crippen molar-refractivity contribution in [3.05, 3.63) is 28.5 Å². The Hall–Kier alpha value is -0.740. The summed E-state index contributed by atoms with van der Waals surface area (Å²) in [6.07, 6.45) is 5.89. The van der Waals surface area contributed by atoms with E-state index in [1.807, 2.05) is 13.0 Å². The van der Waals surface area contributed by atoms with Gasteiger partial charge in [0.1, 0.15) is 6.10 Å². The summed E-state index contributed by atoms with van der Waals surface area (Å²) < 4.78 is 6.45. The summed E-state index contributed by atoms with van der Waals surface area (Å²) in [7, 11) is 0. The van der Waals surface area contributed by atoms with Crippen molar-refractivity contribution in [2.45, 2.75) is 32.3 Å². The van der Waals surface area contributed by atoms with E-state index in [1.54, 1.807) is 12.4 Å². The normalized spacial score (nSPS) is 16.8. The van der Waals surface area contributed by atoms with Gasteiger partial charge in [-0.1, -0.05) is 0 Å². The smallest absolute Gasteiger partial charge is 0.166 e. The number of carbonyl (C=O) groups is 1. The SMILES string of the molecule is CCOC(C(=O)Cc1cncc(Br)c1)C1CC1. The van der Waals surface area contributed by atoms with E-state index in [9.17, 15) is 4.79 Å². The number of hydrogen-bond donors (Lipinski definition) is 0. The lowest BCUT2D eigenvalue weighted by atomic mass is 10.0. The van der Waals surface area contributed by atoms with Crippen LogP contribution in [-0.4, -0.2) is 23.5 Å². The minimum Gasteiger partial charge on any atom is -0.370 e. The third-order valence-electron chi connectivity index (χ3n) is 2.85. The van der Waals surface area contributed by atoms with Crippen molar-refractivity contribution in [2.75, 3.05) is 6.61 Å². The molecule has 1 heterocycles. The van der Waals surface area contributed by atoms with Crippen LogP contribution in [0.25, 0.3) is 0 Å². The van der Waals surface area contributed by atoms with Gasteiger partial charge in [0, 0.05) is 29.9 Å². The third kappa shape index (κ3) is 3.61. The lowest BCUT2D eigenvalue weighted by molar-refractivity contribution is -0.130. The lowest BCUT2D eigenvalue weighted by Crippen LogP contribution is -2.28. The number of aromatic nitrogens is 1.